The summed E-state index contributed by atoms with van der Waals surface area (Å²) in [4.78, 5) is 24.7. The molecule has 0 heterocycles. The van der Waals surface area contributed by atoms with Gasteiger partial charge in [-0.05, 0) is 54.4 Å². The SMILES string of the molecule is CCOC(=O)/C(=C/NNc1ccc(C(=O)NCc2ccccc2)cc1)c1ccc(C#N)cc1. The molecule has 0 aliphatic rings. The predicted octanol–water partition coefficient (Wildman–Crippen LogP) is 4.01. The van der Waals surface area contributed by atoms with Crippen LogP contribution in [0.2, 0.25) is 0 Å². The van der Waals surface area contributed by atoms with Crippen molar-refractivity contribution in [1.82, 2.24) is 10.7 Å². The molecule has 3 aromatic rings. The fraction of sp³-hybridized carbons (Fsp3) is 0.115. The van der Waals surface area contributed by atoms with Crippen LogP contribution in [0.5, 0.6) is 0 Å². The smallest absolute Gasteiger partial charge is 0.340 e. The number of nitrogens with zero attached hydrogens (tertiary/aromatic N) is 1. The number of hydrogen-bond donors (Lipinski definition) is 3. The molecular weight excluding hydrogens is 416 g/mol. The van der Waals surface area contributed by atoms with Crippen molar-refractivity contribution in [3.05, 3.63) is 107 Å². The van der Waals surface area contributed by atoms with E-state index < -0.39 is 5.97 Å². The fourth-order valence-electron chi connectivity index (χ4n) is 2.97. The van der Waals surface area contributed by atoms with E-state index in [1.807, 2.05) is 36.4 Å². The molecule has 0 saturated carbocycles. The molecule has 0 fully saturated rings. The number of carbonyl (C=O) groups is 2. The Kier molecular flexibility index (Phi) is 8.21. The maximum atomic E-state index is 12.4. The highest BCUT2D eigenvalue weighted by atomic mass is 16.5. The Morgan fingerprint density at radius 1 is 0.939 bits per heavy atom. The van der Waals surface area contributed by atoms with Crippen LogP contribution < -0.4 is 16.2 Å². The second-order valence-electron chi connectivity index (χ2n) is 6.98. The molecule has 0 spiro atoms. The van der Waals surface area contributed by atoms with Crippen LogP contribution in [-0.4, -0.2) is 18.5 Å². The van der Waals surface area contributed by atoms with Crippen LogP contribution in [0.4, 0.5) is 5.69 Å². The lowest BCUT2D eigenvalue weighted by molar-refractivity contribution is -0.136. The Morgan fingerprint density at radius 3 is 2.24 bits per heavy atom. The summed E-state index contributed by atoms with van der Waals surface area (Å²) in [5.41, 5.74) is 9.55. The third kappa shape index (κ3) is 6.71. The number of carbonyl (C=O) groups excluding carboxylic acids is 2. The number of nitriles is 1. The van der Waals surface area contributed by atoms with E-state index in [1.165, 1.54) is 6.20 Å². The van der Waals surface area contributed by atoms with Crippen molar-refractivity contribution in [2.24, 2.45) is 0 Å². The first-order chi connectivity index (χ1) is 16.1. The maximum Gasteiger partial charge on any atom is 0.340 e. The molecule has 0 saturated heterocycles. The number of benzene rings is 3. The van der Waals surface area contributed by atoms with Crippen LogP contribution >= 0.6 is 0 Å². The number of anilines is 1. The third-order valence-corrected chi connectivity index (χ3v) is 4.70. The van der Waals surface area contributed by atoms with Gasteiger partial charge in [0, 0.05) is 18.3 Å². The van der Waals surface area contributed by atoms with Crippen LogP contribution in [0.1, 0.15) is 34.0 Å². The van der Waals surface area contributed by atoms with E-state index in [2.05, 4.69) is 16.2 Å². The standard InChI is InChI=1S/C26H24N4O3/c1-2-33-26(32)24(21-10-8-19(16-27)9-11-21)18-29-30-23-14-12-22(13-15-23)25(31)28-17-20-6-4-3-5-7-20/h3-15,18,29-30H,2,17H2,1H3,(H,28,31)/b24-18+. The molecule has 0 atom stereocenters. The molecule has 3 rings (SSSR count). The summed E-state index contributed by atoms with van der Waals surface area (Å²) in [7, 11) is 0. The number of nitrogens with one attached hydrogen (secondary N) is 3. The molecule has 3 aromatic carbocycles. The molecule has 0 aliphatic heterocycles. The average Bonchev–Trinajstić information content (AvgIpc) is 2.86. The fourth-order valence-corrected chi connectivity index (χ4v) is 2.97. The summed E-state index contributed by atoms with van der Waals surface area (Å²) in [6, 6.07) is 25.3. The first-order valence-corrected chi connectivity index (χ1v) is 10.4. The zero-order valence-electron chi connectivity index (χ0n) is 18.2. The van der Waals surface area contributed by atoms with Gasteiger partial charge in [-0.3, -0.25) is 4.79 Å². The molecule has 0 aromatic heterocycles. The van der Waals surface area contributed by atoms with Gasteiger partial charge in [-0.25, -0.2) is 4.79 Å². The van der Waals surface area contributed by atoms with Gasteiger partial charge in [0.25, 0.3) is 5.91 Å². The lowest BCUT2D eigenvalue weighted by atomic mass is 10.1. The van der Waals surface area contributed by atoms with Gasteiger partial charge in [-0.15, -0.1) is 0 Å². The Balaban J connectivity index is 1.61. The van der Waals surface area contributed by atoms with Gasteiger partial charge in [-0.1, -0.05) is 42.5 Å². The molecular formula is C26H24N4O3. The molecule has 7 nitrogen and oxygen atoms in total. The minimum Gasteiger partial charge on any atom is -0.462 e. The van der Waals surface area contributed by atoms with Crippen molar-refractivity contribution in [3.63, 3.8) is 0 Å². The van der Waals surface area contributed by atoms with Crippen LogP contribution in [-0.2, 0) is 16.1 Å². The van der Waals surface area contributed by atoms with Gasteiger partial charge in [0.2, 0.25) is 0 Å². The van der Waals surface area contributed by atoms with Crippen LogP contribution in [0.25, 0.3) is 5.57 Å². The number of esters is 1. The van der Waals surface area contributed by atoms with E-state index >= 15 is 0 Å². The number of ether oxygens (including phenoxy) is 1. The topological polar surface area (TPSA) is 103 Å². The highest BCUT2D eigenvalue weighted by molar-refractivity contribution is 6.16. The van der Waals surface area contributed by atoms with E-state index in [0.717, 1.165) is 5.56 Å². The van der Waals surface area contributed by atoms with Crippen molar-refractivity contribution in [1.29, 1.82) is 5.26 Å². The zero-order valence-corrected chi connectivity index (χ0v) is 18.2. The highest BCUT2D eigenvalue weighted by Crippen LogP contribution is 2.17. The molecule has 166 valence electrons. The summed E-state index contributed by atoms with van der Waals surface area (Å²) in [5, 5.41) is 11.8. The van der Waals surface area contributed by atoms with Crippen LogP contribution in [0.15, 0.2) is 85.1 Å². The van der Waals surface area contributed by atoms with Crippen molar-refractivity contribution in [2.45, 2.75) is 13.5 Å². The second-order valence-corrected chi connectivity index (χ2v) is 6.98. The van der Waals surface area contributed by atoms with E-state index in [0.29, 0.717) is 34.5 Å². The van der Waals surface area contributed by atoms with Gasteiger partial charge < -0.3 is 20.9 Å². The first-order valence-electron chi connectivity index (χ1n) is 10.4. The molecule has 33 heavy (non-hydrogen) atoms. The number of amides is 1. The quantitative estimate of drug-likeness (QED) is 0.264. The average molecular weight is 441 g/mol. The summed E-state index contributed by atoms with van der Waals surface area (Å²) >= 11 is 0. The van der Waals surface area contributed by atoms with E-state index in [1.54, 1.807) is 55.5 Å². The molecule has 0 bridgehead atoms. The van der Waals surface area contributed by atoms with Crippen molar-refractivity contribution in [2.75, 3.05) is 12.0 Å². The predicted molar refractivity (Wildman–Crippen MR) is 127 cm³/mol. The Hall–Kier alpha value is -4.57. The van der Waals surface area contributed by atoms with E-state index in [9.17, 15) is 9.59 Å². The molecule has 3 N–H and O–H groups in total. The van der Waals surface area contributed by atoms with Gasteiger partial charge in [0.1, 0.15) is 0 Å². The molecule has 0 radical (unpaired) electrons. The number of hydrogen-bond acceptors (Lipinski definition) is 6. The summed E-state index contributed by atoms with van der Waals surface area (Å²) < 4.78 is 5.13. The van der Waals surface area contributed by atoms with E-state index in [4.69, 9.17) is 10.00 Å². The van der Waals surface area contributed by atoms with Gasteiger partial charge in [0.05, 0.1) is 29.5 Å². The Morgan fingerprint density at radius 2 is 1.61 bits per heavy atom. The molecule has 0 unspecified atom stereocenters. The largest absolute Gasteiger partial charge is 0.462 e. The zero-order chi connectivity index (χ0) is 23.5. The normalized spacial score (nSPS) is 10.6. The monoisotopic (exact) mass is 440 g/mol. The Labute approximate surface area is 192 Å². The molecule has 7 heteroatoms. The number of rotatable bonds is 9. The lowest BCUT2D eigenvalue weighted by Gasteiger charge is -2.11. The molecule has 1 amide bonds. The summed E-state index contributed by atoms with van der Waals surface area (Å²) in [5.74, 6) is -0.648. The van der Waals surface area contributed by atoms with Gasteiger partial charge in [0.15, 0.2) is 0 Å². The first kappa shape index (κ1) is 23.1. The van der Waals surface area contributed by atoms with Crippen LogP contribution in [0, 0.1) is 11.3 Å². The van der Waals surface area contributed by atoms with Crippen LogP contribution in [0.3, 0.4) is 0 Å². The second kappa shape index (κ2) is 11.7. The maximum absolute atomic E-state index is 12.4. The summed E-state index contributed by atoms with van der Waals surface area (Å²) in [6.45, 7) is 2.43. The Bertz CT molecular complexity index is 1150. The van der Waals surface area contributed by atoms with Crippen molar-refractivity contribution < 1.29 is 14.3 Å². The van der Waals surface area contributed by atoms with Gasteiger partial charge >= 0.3 is 5.97 Å². The van der Waals surface area contributed by atoms with E-state index in [-0.39, 0.29) is 12.5 Å². The van der Waals surface area contributed by atoms with Gasteiger partial charge in [-0.2, -0.15) is 5.26 Å². The summed E-state index contributed by atoms with van der Waals surface area (Å²) in [6.07, 6.45) is 1.50. The molecule has 0 aliphatic carbocycles. The van der Waals surface area contributed by atoms with Crippen molar-refractivity contribution in [3.8, 4) is 6.07 Å². The lowest BCUT2D eigenvalue weighted by Crippen LogP contribution is -2.23. The number of hydrazine groups is 1. The minimum atomic E-state index is -0.484. The third-order valence-electron chi connectivity index (χ3n) is 4.70. The minimum absolute atomic E-state index is 0.163. The van der Waals surface area contributed by atoms with Crippen molar-refractivity contribution >= 4 is 23.1 Å². The highest BCUT2D eigenvalue weighted by Gasteiger charge is 2.13.